The van der Waals surface area contributed by atoms with Crippen LogP contribution in [-0.4, -0.2) is 0 Å². The van der Waals surface area contributed by atoms with E-state index in [9.17, 15) is 0 Å². The van der Waals surface area contributed by atoms with Gasteiger partial charge in [-0.25, -0.2) is 0 Å². The topological polar surface area (TPSA) is 0 Å². The van der Waals surface area contributed by atoms with Gasteiger partial charge in [-0.3, -0.25) is 0 Å². The van der Waals surface area contributed by atoms with Gasteiger partial charge in [0.1, 0.15) is 0 Å². The molecule has 0 aliphatic rings. The molecule has 2 aromatic heterocycles. The van der Waals surface area contributed by atoms with E-state index in [2.05, 4.69) is 78.5 Å². The standard InChI is InChI=1S/C18H19BrS2/c1-4-18(2,3)13-7-5-12(6-8-13)17(19)16-11-15-14(21-16)9-10-20-15/h5-11,17H,4H2,1-3H3. The molecule has 0 N–H and O–H groups in total. The van der Waals surface area contributed by atoms with Crippen LogP contribution >= 0.6 is 38.6 Å². The van der Waals surface area contributed by atoms with E-state index in [0.29, 0.717) is 4.83 Å². The number of thiophene rings is 2. The number of alkyl halides is 1. The summed E-state index contributed by atoms with van der Waals surface area (Å²) in [6.07, 6.45) is 1.16. The minimum absolute atomic E-state index is 0.256. The fourth-order valence-corrected chi connectivity index (χ4v) is 5.22. The molecule has 110 valence electrons. The van der Waals surface area contributed by atoms with E-state index < -0.39 is 0 Å². The summed E-state index contributed by atoms with van der Waals surface area (Å²) in [6, 6.07) is 13.6. The average Bonchev–Trinajstić information content (AvgIpc) is 3.08. The Morgan fingerprint density at radius 1 is 1.10 bits per heavy atom. The number of hydrogen-bond donors (Lipinski definition) is 0. The maximum Gasteiger partial charge on any atom is 0.0738 e. The zero-order valence-corrected chi connectivity index (χ0v) is 15.7. The summed E-state index contributed by atoms with van der Waals surface area (Å²) in [5, 5.41) is 2.16. The Balaban J connectivity index is 1.88. The van der Waals surface area contributed by atoms with E-state index in [1.165, 1.54) is 25.4 Å². The third-order valence-corrected chi connectivity index (χ3v) is 7.76. The maximum absolute atomic E-state index is 3.86. The molecule has 1 atom stereocenters. The van der Waals surface area contributed by atoms with E-state index in [1.807, 2.05) is 22.7 Å². The largest absolute Gasteiger partial charge is 0.143 e. The highest BCUT2D eigenvalue weighted by molar-refractivity contribution is 9.09. The lowest BCUT2D eigenvalue weighted by Gasteiger charge is -2.23. The highest BCUT2D eigenvalue weighted by Gasteiger charge is 2.19. The first kappa shape index (κ1) is 15.3. The van der Waals surface area contributed by atoms with Crippen molar-refractivity contribution in [3.8, 4) is 0 Å². The summed E-state index contributed by atoms with van der Waals surface area (Å²) in [7, 11) is 0. The van der Waals surface area contributed by atoms with Crippen molar-refractivity contribution < 1.29 is 0 Å². The molecule has 1 aromatic carbocycles. The predicted octanol–water partition coefficient (Wildman–Crippen LogP) is 7.13. The lowest BCUT2D eigenvalue weighted by atomic mass is 9.82. The second-order valence-electron chi connectivity index (χ2n) is 6.02. The fourth-order valence-electron chi connectivity index (χ4n) is 2.38. The van der Waals surface area contributed by atoms with Crippen LogP contribution in [0.2, 0.25) is 0 Å². The molecule has 0 saturated carbocycles. The molecule has 0 nitrogen and oxygen atoms in total. The van der Waals surface area contributed by atoms with Gasteiger partial charge in [0.05, 0.1) is 4.83 Å². The van der Waals surface area contributed by atoms with Crippen molar-refractivity contribution >= 4 is 48.0 Å². The average molecular weight is 379 g/mol. The molecule has 2 heterocycles. The van der Waals surface area contributed by atoms with Gasteiger partial charge in [0.2, 0.25) is 0 Å². The molecular weight excluding hydrogens is 360 g/mol. The second kappa shape index (κ2) is 5.86. The van der Waals surface area contributed by atoms with Gasteiger partial charge in [0, 0.05) is 14.3 Å². The minimum Gasteiger partial charge on any atom is -0.143 e. The van der Waals surface area contributed by atoms with Crippen LogP contribution in [0.25, 0.3) is 9.40 Å². The number of fused-ring (bicyclic) bond motifs is 1. The molecule has 0 saturated heterocycles. The van der Waals surface area contributed by atoms with Crippen LogP contribution in [-0.2, 0) is 5.41 Å². The fraction of sp³-hybridized carbons (Fsp3) is 0.333. The zero-order chi connectivity index (χ0) is 15.0. The second-order valence-corrected chi connectivity index (χ2v) is 9.00. The predicted molar refractivity (Wildman–Crippen MR) is 100 cm³/mol. The van der Waals surface area contributed by atoms with Crippen LogP contribution in [0.3, 0.4) is 0 Å². The van der Waals surface area contributed by atoms with Crippen LogP contribution < -0.4 is 0 Å². The van der Waals surface area contributed by atoms with Crippen molar-refractivity contribution in [1.29, 1.82) is 0 Å². The van der Waals surface area contributed by atoms with E-state index in [4.69, 9.17) is 0 Å². The van der Waals surface area contributed by atoms with Crippen molar-refractivity contribution in [2.75, 3.05) is 0 Å². The molecule has 3 aromatic rings. The molecule has 0 radical (unpaired) electrons. The molecule has 0 amide bonds. The van der Waals surface area contributed by atoms with Crippen molar-refractivity contribution in [2.45, 2.75) is 37.4 Å². The molecule has 1 unspecified atom stereocenters. The molecule has 0 fully saturated rings. The molecule has 3 rings (SSSR count). The summed E-state index contributed by atoms with van der Waals surface area (Å²) in [4.78, 5) is 1.68. The van der Waals surface area contributed by atoms with E-state index in [1.54, 1.807) is 0 Å². The summed E-state index contributed by atoms with van der Waals surface area (Å²) in [5.41, 5.74) is 3.01. The Bertz CT molecular complexity index is 706. The Kier molecular flexibility index (Phi) is 4.26. The zero-order valence-electron chi connectivity index (χ0n) is 12.5. The van der Waals surface area contributed by atoms with Gasteiger partial charge in [0.25, 0.3) is 0 Å². The van der Waals surface area contributed by atoms with Crippen LogP contribution in [0.1, 0.15) is 48.0 Å². The number of hydrogen-bond acceptors (Lipinski definition) is 2. The molecule has 3 heteroatoms. The van der Waals surface area contributed by atoms with Gasteiger partial charge in [-0.2, -0.15) is 0 Å². The SMILES string of the molecule is CCC(C)(C)c1ccc(C(Br)c2cc3sccc3s2)cc1. The van der Waals surface area contributed by atoms with Crippen LogP contribution in [0.4, 0.5) is 0 Å². The van der Waals surface area contributed by atoms with Crippen molar-refractivity contribution in [1.82, 2.24) is 0 Å². The summed E-state index contributed by atoms with van der Waals surface area (Å²) >= 11 is 7.57. The molecular formula is C18H19BrS2. The summed E-state index contributed by atoms with van der Waals surface area (Å²) < 4.78 is 2.78. The first-order chi connectivity index (χ1) is 10.0. The Labute approximate surface area is 143 Å². The van der Waals surface area contributed by atoms with Gasteiger partial charge in [-0.05, 0) is 40.5 Å². The van der Waals surface area contributed by atoms with Crippen LogP contribution in [0.5, 0.6) is 0 Å². The van der Waals surface area contributed by atoms with Crippen molar-refractivity contribution in [3.63, 3.8) is 0 Å². The van der Waals surface area contributed by atoms with Crippen LogP contribution in [0, 0.1) is 0 Å². The molecule has 0 aliphatic carbocycles. The first-order valence-electron chi connectivity index (χ1n) is 7.23. The smallest absolute Gasteiger partial charge is 0.0738 e. The maximum atomic E-state index is 3.86. The Hall–Kier alpha value is -0.640. The van der Waals surface area contributed by atoms with Gasteiger partial charge >= 0.3 is 0 Å². The number of benzene rings is 1. The number of rotatable bonds is 4. The van der Waals surface area contributed by atoms with Crippen molar-refractivity contribution in [3.05, 3.63) is 57.8 Å². The van der Waals surface area contributed by atoms with Crippen molar-refractivity contribution in [2.24, 2.45) is 0 Å². The van der Waals surface area contributed by atoms with Crippen LogP contribution in [0.15, 0.2) is 41.8 Å². The van der Waals surface area contributed by atoms with Gasteiger partial charge in [-0.15, -0.1) is 22.7 Å². The monoisotopic (exact) mass is 378 g/mol. The Morgan fingerprint density at radius 3 is 2.43 bits per heavy atom. The first-order valence-corrected chi connectivity index (χ1v) is 9.84. The summed E-state index contributed by atoms with van der Waals surface area (Å²) in [6.45, 7) is 6.86. The third-order valence-electron chi connectivity index (χ3n) is 4.28. The molecule has 0 spiro atoms. The van der Waals surface area contributed by atoms with Gasteiger partial charge < -0.3 is 0 Å². The molecule has 0 aliphatic heterocycles. The molecule has 21 heavy (non-hydrogen) atoms. The third kappa shape index (κ3) is 2.96. The van der Waals surface area contributed by atoms with E-state index in [0.717, 1.165) is 6.42 Å². The summed E-state index contributed by atoms with van der Waals surface area (Å²) in [5.74, 6) is 0. The highest BCUT2D eigenvalue weighted by Crippen LogP contribution is 2.40. The molecule has 0 bridgehead atoms. The quantitative estimate of drug-likeness (QED) is 0.423. The Morgan fingerprint density at radius 2 is 1.81 bits per heavy atom. The van der Waals surface area contributed by atoms with Gasteiger partial charge in [0.15, 0.2) is 0 Å². The van der Waals surface area contributed by atoms with Gasteiger partial charge in [-0.1, -0.05) is 61.0 Å². The number of halogens is 1. The minimum atomic E-state index is 0.256. The lowest BCUT2D eigenvalue weighted by molar-refractivity contribution is 0.506. The highest BCUT2D eigenvalue weighted by atomic mass is 79.9. The van der Waals surface area contributed by atoms with E-state index >= 15 is 0 Å². The normalized spacial score (nSPS) is 13.7. The van der Waals surface area contributed by atoms with E-state index in [-0.39, 0.29) is 5.41 Å². The lowest BCUT2D eigenvalue weighted by Crippen LogP contribution is -2.15.